The summed E-state index contributed by atoms with van der Waals surface area (Å²) in [5, 5.41) is 1.05. The van der Waals surface area contributed by atoms with Gasteiger partial charge in [0.2, 0.25) is 0 Å². The lowest BCUT2D eigenvalue weighted by atomic mass is 9.71. The lowest BCUT2D eigenvalue weighted by Crippen LogP contribution is -2.37. The van der Waals surface area contributed by atoms with Gasteiger partial charge in [-0.2, -0.15) is 0 Å². The molecule has 1 aromatic carbocycles. The molecule has 1 fully saturated rings. The minimum Gasteiger partial charge on any atom is -0.492 e. The van der Waals surface area contributed by atoms with Crippen LogP contribution in [0.5, 0.6) is 5.75 Å². The van der Waals surface area contributed by atoms with Gasteiger partial charge in [0.15, 0.2) is 0 Å². The van der Waals surface area contributed by atoms with Crippen molar-refractivity contribution in [3.8, 4) is 5.75 Å². The molecule has 0 unspecified atom stereocenters. The van der Waals surface area contributed by atoms with E-state index in [9.17, 15) is 0 Å². The van der Waals surface area contributed by atoms with Crippen LogP contribution in [0.4, 0.5) is 0 Å². The second-order valence-electron chi connectivity index (χ2n) is 4.21. The van der Waals surface area contributed by atoms with E-state index in [1.54, 1.807) is 0 Å². The first-order chi connectivity index (χ1) is 7.26. The molecular formula is C12H14Br2O. The molecule has 82 valence electrons. The van der Waals surface area contributed by atoms with Gasteiger partial charge in [-0.1, -0.05) is 34.5 Å². The smallest absolute Gasteiger partial charge is 0.133 e. The summed E-state index contributed by atoms with van der Waals surface area (Å²) in [6, 6.07) is 8.02. The standard InChI is InChI=1S/C12H14Br2O/c13-8-12(6-3-7-12)9-15-11-5-2-1-4-10(11)14/h1-2,4-5H,3,6-9H2. The summed E-state index contributed by atoms with van der Waals surface area (Å²) in [5.74, 6) is 0.949. The van der Waals surface area contributed by atoms with Gasteiger partial charge in [-0.3, -0.25) is 0 Å². The molecule has 0 radical (unpaired) electrons. The molecule has 0 amide bonds. The number of hydrogen-bond acceptors (Lipinski definition) is 1. The zero-order valence-electron chi connectivity index (χ0n) is 8.51. The molecule has 1 nitrogen and oxygen atoms in total. The van der Waals surface area contributed by atoms with Gasteiger partial charge in [-0.15, -0.1) is 0 Å². The highest BCUT2D eigenvalue weighted by molar-refractivity contribution is 9.10. The normalized spacial score (nSPS) is 18.3. The van der Waals surface area contributed by atoms with Crippen LogP contribution in [0.3, 0.4) is 0 Å². The van der Waals surface area contributed by atoms with Crippen LogP contribution in [0.25, 0.3) is 0 Å². The van der Waals surface area contributed by atoms with Crippen LogP contribution in [-0.4, -0.2) is 11.9 Å². The molecule has 0 N–H and O–H groups in total. The highest BCUT2D eigenvalue weighted by atomic mass is 79.9. The highest BCUT2D eigenvalue weighted by Crippen LogP contribution is 2.43. The summed E-state index contributed by atoms with van der Waals surface area (Å²) in [6.07, 6.45) is 3.90. The van der Waals surface area contributed by atoms with Crippen molar-refractivity contribution in [3.05, 3.63) is 28.7 Å². The zero-order valence-corrected chi connectivity index (χ0v) is 11.7. The lowest BCUT2D eigenvalue weighted by molar-refractivity contribution is 0.0834. The molecule has 0 heterocycles. The van der Waals surface area contributed by atoms with Crippen LogP contribution >= 0.6 is 31.9 Å². The predicted molar refractivity (Wildman–Crippen MR) is 69.7 cm³/mol. The van der Waals surface area contributed by atoms with Gasteiger partial charge in [-0.05, 0) is 40.9 Å². The van der Waals surface area contributed by atoms with E-state index in [0.717, 1.165) is 22.2 Å². The second kappa shape index (κ2) is 4.88. The summed E-state index contributed by atoms with van der Waals surface area (Å²) >= 11 is 7.07. The Morgan fingerprint density at radius 2 is 2.00 bits per heavy atom. The monoisotopic (exact) mass is 332 g/mol. The van der Waals surface area contributed by atoms with Crippen molar-refractivity contribution >= 4 is 31.9 Å². The number of rotatable bonds is 4. The minimum atomic E-state index is 0.384. The van der Waals surface area contributed by atoms with Crippen LogP contribution in [-0.2, 0) is 0 Å². The van der Waals surface area contributed by atoms with Crippen LogP contribution in [0.2, 0.25) is 0 Å². The van der Waals surface area contributed by atoms with E-state index in [-0.39, 0.29) is 0 Å². The molecular weight excluding hydrogens is 320 g/mol. The number of hydrogen-bond donors (Lipinski definition) is 0. The maximum Gasteiger partial charge on any atom is 0.133 e. The van der Waals surface area contributed by atoms with E-state index in [1.807, 2.05) is 24.3 Å². The lowest BCUT2D eigenvalue weighted by Gasteiger charge is -2.40. The van der Waals surface area contributed by atoms with Gasteiger partial charge in [0.05, 0.1) is 11.1 Å². The van der Waals surface area contributed by atoms with Crippen molar-refractivity contribution in [2.45, 2.75) is 19.3 Å². The number of ether oxygens (including phenoxy) is 1. The fourth-order valence-electron chi connectivity index (χ4n) is 1.79. The fourth-order valence-corrected chi connectivity index (χ4v) is 2.91. The first kappa shape index (κ1) is 11.5. The Labute approximate surface area is 107 Å². The third-order valence-corrected chi connectivity index (χ3v) is 4.91. The van der Waals surface area contributed by atoms with Crippen LogP contribution in [0.15, 0.2) is 28.7 Å². The average molecular weight is 334 g/mol. The fraction of sp³-hybridized carbons (Fsp3) is 0.500. The van der Waals surface area contributed by atoms with Crippen LogP contribution < -0.4 is 4.74 Å². The molecule has 0 atom stereocenters. The van der Waals surface area contributed by atoms with Crippen LogP contribution in [0.1, 0.15) is 19.3 Å². The van der Waals surface area contributed by atoms with Crippen molar-refractivity contribution in [2.24, 2.45) is 5.41 Å². The van der Waals surface area contributed by atoms with Crippen molar-refractivity contribution in [3.63, 3.8) is 0 Å². The van der Waals surface area contributed by atoms with Gasteiger partial charge >= 0.3 is 0 Å². The SMILES string of the molecule is BrCC1(COc2ccccc2Br)CCC1. The first-order valence-electron chi connectivity index (χ1n) is 5.19. The Bertz CT molecular complexity index is 329. The maximum absolute atomic E-state index is 5.86. The number of benzene rings is 1. The summed E-state index contributed by atoms with van der Waals surface area (Å²) in [5.41, 5.74) is 0.384. The zero-order chi connectivity index (χ0) is 10.7. The molecule has 1 aliphatic carbocycles. The minimum absolute atomic E-state index is 0.384. The summed E-state index contributed by atoms with van der Waals surface area (Å²) in [6.45, 7) is 0.820. The molecule has 1 saturated carbocycles. The van der Waals surface area contributed by atoms with E-state index >= 15 is 0 Å². The molecule has 3 heteroatoms. The number of alkyl halides is 1. The Kier molecular flexibility index (Phi) is 3.73. The first-order valence-corrected chi connectivity index (χ1v) is 7.11. The Morgan fingerprint density at radius 3 is 2.53 bits per heavy atom. The Balaban J connectivity index is 1.95. The van der Waals surface area contributed by atoms with Gasteiger partial charge < -0.3 is 4.74 Å². The quantitative estimate of drug-likeness (QED) is 0.742. The molecule has 1 aromatic rings. The summed E-state index contributed by atoms with van der Waals surface area (Å²) in [4.78, 5) is 0. The molecule has 0 bridgehead atoms. The van der Waals surface area contributed by atoms with E-state index in [0.29, 0.717) is 5.41 Å². The highest BCUT2D eigenvalue weighted by Gasteiger charge is 2.36. The van der Waals surface area contributed by atoms with E-state index in [1.165, 1.54) is 19.3 Å². The summed E-state index contributed by atoms with van der Waals surface area (Å²) in [7, 11) is 0. The van der Waals surface area contributed by atoms with Crippen molar-refractivity contribution in [1.29, 1.82) is 0 Å². The third kappa shape index (κ3) is 2.56. The molecule has 0 spiro atoms. The molecule has 0 aliphatic heterocycles. The number of para-hydroxylation sites is 1. The van der Waals surface area contributed by atoms with Crippen molar-refractivity contribution in [2.75, 3.05) is 11.9 Å². The average Bonchev–Trinajstić information content (AvgIpc) is 2.19. The molecule has 0 aromatic heterocycles. The van der Waals surface area contributed by atoms with E-state index in [4.69, 9.17) is 4.74 Å². The van der Waals surface area contributed by atoms with Gasteiger partial charge in [0.25, 0.3) is 0 Å². The Morgan fingerprint density at radius 1 is 1.27 bits per heavy atom. The van der Waals surface area contributed by atoms with Crippen molar-refractivity contribution in [1.82, 2.24) is 0 Å². The van der Waals surface area contributed by atoms with Gasteiger partial charge in [-0.25, -0.2) is 0 Å². The van der Waals surface area contributed by atoms with Gasteiger partial charge in [0, 0.05) is 10.7 Å². The molecule has 0 saturated heterocycles. The topological polar surface area (TPSA) is 9.23 Å². The predicted octanol–water partition coefficient (Wildman–Crippen LogP) is 4.39. The van der Waals surface area contributed by atoms with Crippen molar-refractivity contribution < 1.29 is 4.74 Å². The Hall–Kier alpha value is -0.0200. The van der Waals surface area contributed by atoms with E-state index in [2.05, 4.69) is 31.9 Å². The number of halogens is 2. The maximum atomic E-state index is 5.86. The largest absolute Gasteiger partial charge is 0.492 e. The van der Waals surface area contributed by atoms with E-state index < -0.39 is 0 Å². The molecule has 2 rings (SSSR count). The summed E-state index contributed by atoms with van der Waals surface area (Å²) < 4.78 is 6.89. The second-order valence-corrected chi connectivity index (χ2v) is 5.62. The van der Waals surface area contributed by atoms with Crippen LogP contribution in [0, 0.1) is 5.41 Å². The molecule has 1 aliphatic rings. The third-order valence-electron chi connectivity index (χ3n) is 3.07. The van der Waals surface area contributed by atoms with Gasteiger partial charge in [0.1, 0.15) is 5.75 Å². The molecule has 15 heavy (non-hydrogen) atoms.